The highest BCUT2D eigenvalue weighted by Crippen LogP contribution is 2.39. The highest BCUT2D eigenvalue weighted by atomic mass is 32.2. The zero-order chi connectivity index (χ0) is 13.8. The van der Waals surface area contributed by atoms with Crippen LogP contribution >= 0.6 is 35.1 Å². The summed E-state index contributed by atoms with van der Waals surface area (Å²) in [5.41, 5.74) is 0.841. The molecule has 0 aromatic carbocycles. The zero-order valence-corrected chi connectivity index (χ0v) is 12.9. The van der Waals surface area contributed by atoms with Crippen molar-refractivity contribution in [1.29, 1.82) is 0 Å². The lowest BCUT2D eigenvalue weighted by atomic mass is 10.4. The van der Waals surface area contributed by atoms with E-state index in [0.717, 1.165) is 14.8 Å². The number of thioether (sulfide) groups is 2. The van der Waals surface area contributed by atoms with Crippen LogP contribution < -0.4 is 0 Å². The maximum absolute atomic E-state index is 11.2. The average Bonchev–Trinajstić information content (AvgIpc) is 3.03. The van der Waals surface area contributed by atoms with Gasteiger partial charge in [0, 0.05) is 0 Å². The van der Waals surface area contributed by atoms with Gasteiger partial charge in [0.05, 0.1) is 16.9 Å². The highest BCUT2D eigenvalue weighted by Gasteiger charge is 2.21. The Morgan fingerprint density at radius 1 is 1.37 bits per heavy atom. The lowest BCUT2D eigenvalue weighted by molar-refractivity contribution is -0.140. The van der Waals surface area contributed by atoms with Gasteiger partial charge in [0.2, 0.25) is 5.89 Å². The van der Waals surface area contributed by atoms with E-state index in [9.17, 15) is 4.79 Å². The van der Waals surface area contributed by atoms with Crippen molar-refractivity contribution < 1.29 is 13.9 Å². The van der Waals surface area contributed by atoms with Gasteiger partial charge in [0.1, 0.15) is 11.4 Å². The van der Waals surface area contributed by atoms with Crippen molar-refractivity contribution in [3.05, 3.63) is 5.89 Å². The van der Waals surface area contributed by atoms with Crippen molar-refractivity contribution in [2.24, 2.45) is 0 Å². The van der Waals surface area contributed by atoms with Crippen molar-refractivity contribution in [3.63, 3.8) is 0 Å². The van der Waals surface area contributed by atoms with Crippen LogP contribution in [0.5, 0.6) is 0 Å². The molecule has 2 heterocycles. The van der Waals surface area contributed by atoms with Crippen LogP contribution in [-0.2, 0) is 16.0 Å². The van der Waals surface area contributed by atoms with Crippen LogP contribution in [0.4, 0.5) is 0 Å². The molecular weight excluding hydrogens is 306 g/mol. The fraction of sp³-hybridized carbons (Fsp3) is 0.400. The molecule has 0 N–H and O–H groups in total. The minimum atomic E-state index is -0.408. The average molecular weight is 317 g/mol. The van der Waals surface area contributed by atoms with Crippen LogP contribution in [0.25, 0.3) is 11.5 Å². The first-order valence-corrected chi connectivity index (χ1v) is 8.39. The predicted molar refractivity (Wildman–Crippen MR) is 74.7 cm³/mol. The molecule has 19 heavy (non-hydrogen) atoms. The molecule has 0 amide bonds. The lowest BCUT2D eigenvalue weighted by Gasteiger charge is -1.97. The van der Waals surface area contributed by atoms with Crippen LogP contribution in [0.1, 0.15) is 5.89 Å². The number of hydrogen-bond donors (Lipinski definition) is 0. The molecule has 0 aliphatic rings. The van der Waals surface area contributed by atoms with Crippen LogP contribution in [0.2, 0.25) is 0 Å². The van der Waals surface area contributed by atoms with Crippen LogP contribution in [0.15, 0.2) is 13.7 Å². The Labute approximate surface area is 122 Å². The van der Waals surface area contributed by atoms with E-state index in [1.54, 1.807) is 11.8 Å². The van der Waals surface area contributed by atoms with Gasteiger partial charge in [0.25, 0.3) is 5.89 Å². The lowest BCUT2D eigenvalue weighted by Crippen LogP contribution is -2.04. The van der Waals surface area contributed by atoms with Gasteiger partial charge in [-0.3, -0.25) is 4.79 Å². The topological polar surface area (TPSA) is 78.1 Å². The maximum atomic E-state index is 11.2. The molecule has 0 saturated heterocycles. The van der Waals surface area contributed by atoms with E-state index in [0.29, 0.717) is 5.89 Å². The summed E-state index contributed by atoms with van der Waals surface area (Å²) in [5.74, 6) is 0.224. The quantitative estimate of drug-likeness (QED) is 0.614. The van der Waals surface area contributed by atoms with Gasteiger partial charge < -0.3 is 9.15 Å². The fourth-order valence-electron chi connectivity index (χ4n) is 1.34. The van der Waals surface area contributed by atoms with Crippen molar-refractivity contribution in [2.45, 2.75) is 15.7 Å². The van der Waals surface area contributed by atoms with E-state index in [-0.39, 0.29) is 12.3 Å². The van der Waals surface area contributed by atoms with E-state index in [1.807, 2.05) is 12.5 Å². The van der Waals surface area contributed by atoms with Crippen LogP contribution in [-0.4, -0.2) is 40.2 Å². The van der Waals surface area contributed by atoms with Crippen molar-refractivity contribution >= 4 is 41.0 Å². The summed E-state index contributed by atoms with van der Waals surface area (Å²) in [7, 11) is 1.32. The highest BCUT2D eigenvalue weighted by molar-refractivity contribution is 8.01. The second-order valence-electron chi connectivity index (χ2n) is 3.31. The number of ether oxygens (including phenoxy) is 1. The number of methoxy groups -OCH3 is 1. The second kappa shape index (κ2) is 6.40. The fourth-order valence-corrected chi connectivity index (χ4v) is 3.60. The Bertz CT molecular complexity index is 560. The van der Waals surface area contributed by atoms with E-state index in [2.05, 4.69) is 19.3 Å². The molecule has 0 spiro atoms. The summed E-state index contributed by atoms with van der Waals surface area (Å²) in [6.45, 7) is 0. The molecule has 6 nitrogen and oxygen atoms in total. The molecule has 0 aliphatic carbocycles. The minimum absolute atomic E-state index is 0.0235. The number of carbonyl (C=O) groups excluding carboxylic acids is 1. The molecule has 0 bridgehead atoms. The predicted octanol–water partition coefficient (Wildman–Crippen LogP) is 2.35. The first kappa shape index (κ1) is 14.4. The Morgan fingerprint density at radius 2 is 2.16 bits per heavy atom. The summed E-state index contributed by atoms with van der Waals surface area (Å²) in [4.78, 5) is 11.2. The van der Waals surface area contributed by atoms with Gasteiger partial charge in [0.15, 0.2) is 0 Å². The molecule has 2 aromatic heterocycles. The molecule has 0 unspecified atom stereocenters. The summed E-state index contributed by atoms with van der Waals surface area (Å²) >= 11 is 4.49. The molecule has 2 aromatic rings. The molecule has 102 valence electrons. The SMILES string of the molecule is COC(=O)Cc1nnc(-c2c(SC)nsc2SC)o1. The van der Waals surface area contributed by atoms with E-state index in [1.165, 1.54) is 30.4 Å². The van der Waals surface area contributed by atoms with E-state index >= 15 is 0 Å². The summed E-state index contributed by atoms with van der Waals surface area (Å²) in [6.07, 6.45) is 3.88. The maximum Gasteiger partial charge on any atom is 0.315 e. The normalized spacial score (nSPS) is 10.7. The molecule has 0 aliphatic heterocycles. The van der Waals surface area contributed by atoms with Gasteiger partial charge in [-0.1, -0.05) is 0 Å². The van der Waals surface area contributed by atoms with Crippen molar-refractivity contribution in [1.82, 2.24) is 14.6 Å². The molecule has 0 saturated carbocycles. The Balaban J connectivity index is 2.32. The number of rotatable bonds is 5. The van der Waals surface area contributed by atoms with Crippen LogP contribution in [0.3, 0.4) is 0 Å². The number of nitrogens with zero attached hydrogens (tertiary/aromatic N) is 3. The summed E-state index contributed by atoms with van der Waals surface area (Å²) in [6, 6.07) is 0. The first-order chi connectivity index (χ1) is 9.19. The van der Waals surface area contributed by atoms with E-state index in [4.69, 9.17) is 4.42 Å². The molecule has 2 rings (SSSR count). The van der Waals surface area contributed by atoms with Gasteiger partial charge in [-0.05, 0) is 24.0 Å². The van der Waals surface area contributed by atoms with Gasteiger partial charge in [-0.2, -0.15) is 4.37 Å². The molecule has 9 heteroatoms. The molecule has 0 radical (unpaired) electrons. The number of aromatic nitrogens is 3. The molecule has 0 atom stereocenters. The smallest absolute Gasteiger partial charge is 0.315 e. The molecular formula is C10H11N3O3S3. The van der Waals surface area contributed by atoms with Crippen LogP contribution in [0, 0.1) is 0 Å². The zero-order valence-electron chi connectivity index (χ0n) is 10.5. The minimum Gasteiger partial charge on any atom is -0.469 e. The van der Waals surface area contributed by atoms with E-state index < -0.39 is 5.97 Å². The third-order valence-electron chi connectivity index (χ3n) is 2.21. The van der Waals surface area contributed by atoms with Gasteiger partial charge in [-0.15, -0.1) is 33.7 Å². The second-order valence-corrected chi connectivity index (χ2v) is 5.96. The standard InChI is InChI=1S/C10H11N3O3S3/c1-15-6(14)4-5-11-12-8(16-5)7-9(17-2)13-19-10(7)18-3/h4H2,1-3H3. The number of esters is 1. The summed E-state index contributed by atoms with van der Waals surface area (Å²) < 4.78 is 15.4. The number of hydrogen-bond acceptors (Lipinski definition) is 9. The number of carbonyl (C=O) groups is 1. The van der Waals surface area contributed by atoms with Crippen molar-refractivity contribution in [2.75, 3.05) is 19.6 Å². The summed E-state index contributed by atoms with van der Waals surface area (Å²) in [5, 5.41) is 8.68. The Kier molecular flexibility index (Phi) is 4.83. The Morgan fingerprint density at radius 3 is 2.79 bits per heavy atom. The first-order valence-electron chi connectivity index (χ1n) is 5.16. The van der Waals surface area contributed by atoms with Gasteiger partial charge in [-0.25, -0.2) is 0 Å². The third-order valence-corrected chi connectivity index (χ3v) is 4.95. The van der Waals surface area contributed by atoms with Crippen molar-refractivity contribution in [3.8, 4) is 11.5 Å². The molecule has 0 fully saturated rings. The monoisotopic (exact) mass is 317 g/mol. The third kappa shape index (κ3) is 3.10. The largest absolute Gasteiger partial charge is 0.469 e. The Hall–Kier alpha value is -1.06. The van der Waals surface area contributed by atoms with Gasteiger partial charge >= 0.3 is 5.97 Å².